The molecule has 0 spiro atoms. The first-order chi connectivity index (χ1) is 6.54. The second kappa shape index (κ2) is 4.21. The van der Waals surface area contributed by atoms with Crippen molar-refractivity contribution in [2.75, 3.05) is 12.3 Å². The van der Waals surface area contributed by atoms with Gasteiger partial charge in [0.15, 0.2) is 0 Å². The quantitative estimate of drug-likeness (QED) is 0.564. The van der Waals surface area contributed by atoms with Crippen molar-refractivity contribution in [3.05, 3.63) is 0 Å². The summed E-state index contributed by atoms with van der Waals surface area (Å²) in [6.45, 7) is 6.04. The van der Waals surface area contributed by atoms with Crippen LogP contribution >= 0.6 is 12.6 Å². The van der Waals surface area contributed by atoms with Crippen LogP contribution in [0.15, 0.2) is 0 Å². The molecule has 1 saturated heterocycles. The van der Waals surface area contributed by atoms with Gasteiger partial charge in [-0.05, 0) is 20.8 Å². The predicted molar refractivity (Wildman–Crippen MR) is 57.4 cm³/mol. The van der Waals surface area contributed by atoms with Gasteiger partial charge in [-0.3, -0.25) is 9.69 Å². The van der Waals surface area contributed by atoms with Gasteiger partial charge in [0.25, 0.3) is 5.91 Å². The molecule has 5 heteroatoms. The average Bonchev–Trinajstić information content (AvgIpc) is 2.37. The molecule has 1 atom stereocenters. The van der Waals surface area contributed by atoms with Gasteiger partial charge in [-0.2, -0.15) is 12.6 Å². The number of carbonyl (C=O) groups excluding carboxylic acids is 2. The topological polar surface area (TPSA) is 40.6 Å². The molecule has 1 heterocycles. The fourth-order valence-corrected chi connectivity index (χ4v) is 2.04. The van der Waals surface area contributed by atoms with Gasteiger partial charge in [0.05, 0.1) is 0 Å². The van der Waals surface area contributed by atoms with Gasteiger partial charge in [-0.1, -0.05) is 0 Å². The molecule has 4 nitrogen and oxygen atoms in total. The lowest BCUT2D eigenvalue weighted by atomic mass is 10.2. The zero-order chi connectivity index (χ0) is 10.9. The Bertz CT molecular complexity index is 255. The van der Waals surface area contributed by atoms with Crippen LogP contribution in [0, 0.1) is 0 Å². The smallest absolute Gasteiger partial charge is 0.309 e. The maximum Gasteiger partial charge on any atom is 0.327 e. The van der Waals surface area contributed by atoms with E-state index in [0.717, 1.165) is 0 Å². The molecule has 1 fully saturated rings. The van der Waals surface area contributed by atoms with Crippen LogP contribution in [0.1, 0.15) is 20.8 Å². The lowest BCUT2D eigenvalue weighted by molar-refractivity contribution is -0.127. The molecule has 14 heavy (non-hydrogen) atoms. The van der Waals surface area contributed by atoms with E-state index in [1.54, 1.807) is 11.8 Å². The second-order valence-corrected chi connectivity index (χ2v) is 3.93. The van der Waals surface area contributed by atoms with Crippen molar-refractivity contribution in [2.45, 2.75) is 32.9 Å². The molecule has 0 radical (unpaired) electrons. The average molecular weight is 216 g/mol. The number of carbonyl (C=O) groups is 2. The van der Waals surface area contributed by atoms with Crippen LogP contribution in [0.5, 0.6) is 0 Å². The molecule has 3 amide bonds. The molecule has 0 aromatic heterocycles. The largest absolute Gasteiger partial charge is 0.327 e. The molecular formula is C9H16N2O2S. The summed E-state index contributed by atoms with van der Waals surface area (Å²) in [7, 11) is 0. The van der Waals surface area contributed by atoms with Crippen molar-refractivity contribution in [2.24, 2.45) is 0 Å². The third-order valence-electron chi connectivity index (χ3n) is 2.38. The molecule has 80 valence electrons. The van der Waals surface area contributed by atoms with E-state index >= 15 is 0 Å². The molecule has 0 N–H and O–H groups in total. The Morgan fingerprint density at radius 2 is 2.00 bits per heavy atom. The minimum atomic E-state index is -0.384. The number of likely N-dealkylation sites (N-methyl/N-ethyl adjacent to an activating group) is 1. The van der Waals surface area contributed by atoms with Crippen molar-refractivity contribution in [3.63, 3.8) is 0 Å². The van der Waals surface area contributed by atoms with Crippen LogP contribution in [0.4, 0.5) is 4.79 Å². The van der Waals surface area contributed by atoms with Crippen molar-refractivity contribution >= 4 is 24.6 Å². The maximum atomic E-state index is 11.8. The Kier molecular flexibility index (Phi) is 3.42. The van der Waals surface area contributed by atoms with E-state index in [1.165, 1.54) is 4.90 Å². The van der Waals surface area contributed by atoms with Crippen LogP contribution in [-0.4, -0.2) is 46.1 Å². The highest BCUT2D eigenvalue weighted by Crippen LogP contribution is 2.20. The first-order valence-electron chi connectivity index (χ1n) is 4.79. The number of rotatable bonds is 3. The Hall–Kier alpha value is -0.710. The predicted octanol–water partition coefficient (Wildman–Crippen LogP) is 0.977. The molecular weight excluding hydrogens is 200 g/mol. The number of urea groups is 1. The Morgan fingerprint density at radius 3 is 2.29 bits per heavy atom. The Balaban J connectivity index is 2.95. The first-order valence-corrected chi connectivity index (χ1v) is 5.42. The molecule has 1 unspecified atom stereocenters. The summed E-state index contributed by atoms with van der Waals surface area (Å²) in [5, 5.41) is 0. The molecule has 1 aliphatic heterocycles. The number of imide groups is 1. The highest BCUT2D eigenvalue weighted by molar-refractivity contribution is 7.80. The fourth-order valence-electron chi connectivity index (χ4n) is 1.70. The number of hydrogen-bond acceptors (Lipinski definition) is 3. The lowest BCUT2D eigenvalue weighted by Gasteiger charge is -2.24. The van der Waals surface area contributed by atoms with E-state index < -0.39 is 0 Å². The Labute approximate surface area is 89.7 Å². The highest BCUT2D eigenvalue weighted by Gasteiger charge is 2.44. The van der Waals surface area contributed by atoms with Gasteiger partial charge in [0, 0.05) is 18.3 Å². The summed E-state index contributed by atoms with van der Waals surface area (Å²) >= 11 is 4.11. The molecule has 1 aliphatic rings. The minimum Gasteiger partial charge on any atom is -0.309 e. The van der Waals surface area contributed by atoms with Gasteiger partial charge in [0.1, 0.15) is 6.04 Å². The van der Waals surface area contributed by atoms with Gasteiger partial charge < -0.3 is 4.90 Å². The normalized spacial score (nSPS) is 22.8. The fraction of sp³-hybridized carbons (Fsp3) is 0.778. The molecule has 0 aliphatic carbocycles. The van der Waals surface area contributed by atoms with Gasteiger partial charge in [-0.15, -0.1) is 0 Å². The number of nitrogens with zero attached hydrogens (tertiary/aromatic N) is 2. The van der Waals surface area contributed by atoms with E-state index in [0.29, 0.717) is 12.3 Å². The zero-order valence-electron chi connectivity index (χ0n) is 8.73. The van der Waals surface area contributed by atoms with Crippen molar-refractivity contribution in [1.29, 1.82) is 0 Å². The number of amides is 3. The van der Waals surface area contributed by atoms with Gasteiger partial charge in [0.2, 0.25) is 0 Å². The maximum absolute atomic E-state index is 11.8. The van der Waals surface area contributed by atoms with E-state index in [1.807, 2.05) is 13.8 Å². The molecule has 0 bridgehead atoms. The van der Waals surface area contributed by atoms with Crippen molar-refractivity contribution in [1.82, 2.24) is 9.80 Å². The third kappa shape index (κ3) is 1.61. The van der Waals surface area contributed by atoms with Crippen LogP contribution in [0.3, 0.4) is 0 Å². The van der Waals surface area contributed by atoms with Gasteiger partial charge in [-0.25, -0.2) is 4.79 Å². The summed E-state index contributed by atoms with van der Waals surface area (Å²) in [4.78, 5) is 26.3. The lowest BCUT2D eigenvalue weighted by Crippen LogP contribution is -2.41. The van der Waals surface area contributed by atoms with E-state index in [4.69, 9.17) is 0 Å². The van der Waals surface area contributed by atoms with Crippen LogP contribution in [-0.2, 0) is 4.79 Å². The summed E-state index contributed by atoms with van der Waals surface area (Å²) in [6.07, 6.45) is 0. The van der Waals surface area contributed by atoms with E-state index in [2.05, 4.69) is 12.6 Å². The van der Waals surface area contributed by atoms with E-state index in [9.17, 15) is 9.59 Å². The van der Waals surface area contributed by atoms with E-state index in [-0.39, 0.29) is 24.0 Å². The third-order valence-corrected chi connectivity index (χ3v) is 2.73. The SMILES string of the molecule is CCN1C(=O)C(CS)N(C(C)C)C1=O. The Morgan fingerprint density at radius 1 is 1.43 bits per heavy atom. The molecule has 1 rings (SSSR count). The summed E-state index contributed by atoms with van der Waals surface area (Å²) < 4.78 is 0. The molecule has 0 aromatic rings. The summed E-state index contributed by atoms with van der Waals surface area (Å²) in [6, 6.07) is -0.530. The molecule has 0 saturated carbocycles. The zero-order valence-corrected chi connectivity index (χ0v) is 9.62. The van der Waals surface area contributed by atoms with Gasteiger partial charge >= 0.3 is 6.03 Å². The van der Waals surface area contributed by atoms with Crippen LogP contribution < -0.4 is 0 Å². The standard InChI is InChI=1S/C9H16N2O2S/c1-4-10-8(12)7(5-14)11(6(2)3)9(10)13/h6-7,14H,4-5H2,1-3H3. The van der Waals surface area contributed by atoms with Crippen molar-refractivity contribution in [3.8, 4) is 0 Å². The monoisotopic (exact) mass is 216 g/mol. The summed E-state index contributed by atoms with van der Waals surface area (Å²) in [5.41, 5.74) is 0. The minimum absolute atomic E-state index is 0.0418. The number of thiol groups is 1. The molecule has 0 aromatic carbocycles. The summed E-state index contributed by atoms with van der Waals surface area (Å²) in [5.74, 6) is 0.264. The number of hydrogen-bond donors (Lipinski definition) is 1. The highest BCUT2D eigenvalue weighted by atomic mass is 32.1. The first kappa shape index (κ1) is 11.4. The van der Waals surface area contributed by atoms with Crippen molar-refractivity contribution < 1.29 is 9.59 Å². The van der Waals surface area contributed by atoms with Crippen LogP contribution in [0.25, 0.3) is 0 Å². The second-order valence-electron chi connectivity index (χ2n) is 3.56. The van der Waals surface area contributed by atoms with Crippen LogP contribution in [0.2, 0.25) is 0 Å².